The van der Waals surface area contributed by atoms with E-state index in [2.05, 4.69) is 10.3 Å². The Labute approximate surface area is 170 Å². The van der Waals surface area contributed by atoms with Crippen molar-refractivity contribution in [1.29, 1.82) is 0 Å². The molecule has 0 saturated carbocycles. The molecule has 5 nitrogen and oxygen atoms in total. The molecule has 0 aromatic heterocycles. The number of nitrogens with one attached hydrogen (secondary N) is 1. The van der Waals surface area contributed by atoms with Gasteiger partial charge in [0.15, 0.2) is 5.96 Å². The zero-order valence-corrected chi connectivity index (χ0v) is 17.6. The number of nitrogens with zero attached hydrogens (tertiary/aromatic N) is 2. The summed E-state index contributed by atoms with van der Waals surface area (Å²) in [4.78, 5) is 18.4. The average Bonchev–Trinajstić information content (AvgIpc) is 2.98. The van der Waals surface area contributed by atoms with E-state index in [4.69, 9.17) is 4.74 Å². The molecule has 0 aliphatic carbocycles. The second kappa shape index (κ2) is 10.6. The standard InChI is InChI=1S/C18H25F2N3O2.HI/c1-4-21-18(23-10-12(2)15(11-23)17(24)25-3)22-8-7-13-9-14(19)5-6-16(13)20;/h5-6,9,12,15H,4,7-8,10-11H2,1-3H3,(H,21,22);1H. The quantitative estimate of drug-likeness (QED) is 0.304. The van der Waals surface area contributed by atoms with Crippen molar-refractivity contribution in [1.82, 2.24) is 10.2 Å². The first-order valence-electron chi connectivity index (χ1n) is 8.51. The molecular weight excluding hydrogens is 455 g/mol. The number of methoxy groups -OCH3 is 1. The number of hydrogen-bond donors (Lipinski definition) is 1. The highest BCUT2D eigenvalue weighted by Crippen LogP contribution is 2.24. The lowest BCUT2D eigenvalue weighted by Gasteiger charge is -2.21. The minimum atomic E-state index is -0.457. The molecule has 1 aromatic rings. The second-order valence-electron chi connectivity index (χ2n) is 6.23. The van der Waals surface area contributed by atoms with Crippen molar-refractivity contribution in [3.05, 3.63) is 35.4 Å². The third-order valence-electron chi connectivity index (χ3n) is 4.40. The fourth-order valence-corrected chi connectivity index (χ4v) is 3.04. The minimum Gasteiger partial charge on any atom is -0.469 e. The van der Waals surface area contributed by atoms with Crippen LogP contribution >= 0.6 is 24.0 Å². The molecule has 2 rings (SSSR count). The molecule has 146 valence electrons. The number of halogens is 3. The summed E-state index contributed by atoms with van der Waals surface area (Å²) in [5.74, 6) is -0.444. The van der Waals surface area contributed by atoms with E-state index >= 15 is 0 Å². The van der Waals surface area contributed by atoms with Crippen molar-refractivity contribution in [3.63, 3.8) is 0 Å². The topological polar surface area (TPSA) is 53.9 Å². The van der Waals surface area contributed by atoms with Gasteiger partial charge in [-0.3, -0.25) is 9.79 Å². The van der Waals surface area contributed by atoms with Gasteiger partial charge in [-0.1, -0.05) is 6.92 Å². The van der Waals surface area contributed by atoms with Crippen molar-refractivity contribution < 1.29 is 18.3 Å². The number of hydrogen-bond acceptors (Lipinski definition) is 3. The van der Waals surface area contributed by atoms with Crippen LogP contribution < -0.4 is 5.32 Å². The monoisotopic (exact) mass is 481 g/mol. The van der Waals surface area contributed by atoms with Crippen LogP contribution in [0.5, 0.6) is 0 Å². The molecule has 0 radical (unpaired) electrons. The second-order valence-corrected chi connectivity index (χ2v) is 6.23. The third kappa shape index (κ3) is 5.78. The van der Waals surface area contributed by atoms with Gasteiger partial charge in [-0.05, 0) is 43.0 Å². The molecule has 1 aliphatic heterocycles. The van der Waals surface area contributed by atoms with Crippen LogP contribution in [0.15, 0.2) is 23.2 Å². The summed E-state index contributed by atoms with van der Waals surface area (Å²) in [5, 5.41) is 3.19. The fraction of sp³-hybridized carbons (Fsp3) is 0.556. The first kappa shape index (κ1) is 22.6. The van der Waals surface area contributed by atoms with Crippen LogP contribution in [0.4, 0.5) is 8.78 Å². The van der Waals surface area contributed by atoms with Crippen LogP contribution in [0.1, 0.15) is 19.4 Å². The molecule has 1 N–H and O–H groups in total. The van der Waals surface area contributed by atoms with Crippen LogP contribution in [0.2, 0.25) is 0 Å². The summed E-state index contributed by atoms with van der Waals surface area (Å²) in [6.07, 6.45) is 0.308. The molecule has 1 fully saturated rings. The highest BCUT2D eigenvalue weighted by atomic mass is 127. The molecule has 1 aromatic carbocycles. The number of guanidine groups is 1. The predicted octanol–water partition coefficient (Wildman–Crippen LogP) is 2.83. The normalized spacial score (nSPS) is 19.9. The number of esters is 1. The molecule has 0 bridgehead atoms. The Hall–Kier alpha value is -1.45. The summed E-state index contributed by atoms with van der Waals surface area (Å²) < 4.78 is 31.8. The van der Waals surface area contributed by atoms with Crippen LogP contribution in [-0.4, -0.2) is 50.1 Å². The highest BCUT2D eigenvalue weighted by molar-refractivity contribution is 14.0. The smallest absolute Gasteiger partial charge is 0.310 e. The molecule has 0 spiro atoms. The SMILES string of the molecule is CCNC(=NCCc1cc(F)ccc1F)N1CC(C)C(C(=O)OC)C1.I. The first-order chi connectivity index (χ1) is 12.0. The molecule has 2 unspecified atom stereocenters. The maximum Gasteiger partial charge on any atom is 0.310 e. The van der Waals surface area contributed by atoms with Gasteiger partial charge in [0.25, 0.3) is 0 Å². The van der Waals surface area contributed by atoms with Gasteiger partial charge in [-0.15, -0.1) is 24.0 Å². The Balaban J connectivity index is 0.00000338. The third-order valence-corrected chi connectivity index (χ3v) is 4.40. The number of aliphatic imine (C=N–C) groups is 1. The van der Waals surface area contributed by atoms with E-state index < -0.39 is 11.6 Å². The van der Waals surface area contributed by atoms with Crippen LogP contribution in [-0.2, 0) is 16.0 Å². The molecule has 26 heavy (non-hydrogen) atoms. The van der Waals surface area contributed by atoms with Crippen LogP contribution in [0.3, 0.4) is 0 Å². The molecular formula is C18H26F2IN3O2. The zero-order valence-electron chi connectivity index (χ0n) is 15.3. The Morgan fingerprint density at radius 3 is 2.77 bits per heavy atom. The maximum absolute atomic E-state index is 13.7. The van der Waals surface area contributed by atoms with E-state index in [1.807, 2.05) is 18.7 Å². The Kier molecular flexibility index (Phi) is 9.24. The van der Waals surface area contributed by atoms with Gasteiger partial charge < -0.3 is 15.0 Å². The molecule has 8 heteroatoms. The van der Waals surface area contributed by atoms with Crippen molar-refractivity contribution in [2.75, 3.05) is 33.3 Å². The van der Waals surface area contributed by atoms with Gasteiger partial charge in [0, 0.05) is 26.2 Å². The lowest BCUT2D eigenvalue weighted by Crippen LogP contribution is -2.40. The lowest BCUT2D eigenvalue weighted by molar-refractivity contribution is -0.145. The van der Waals surface area contributed by atoms with Crippen molar-refractivity contribution in [2.45, 2.75) is 20.3 Å². The summed E-state index contributed by atoms with van der Waals surface area (Å²) in [5.41, 5.74) is 0.307. The fourth-order valence-electron chi connectivity index (χ4n) is 3.04. The Morgan fingerprint density at radius 1 is 1.38 bits per heavy atom. The van der Waals surface area contributed by atoms with E-state index in [1.54, 1.807) is 0 Å². The summed E-state index contributed by atoms with van der Waals surface area (Å²) in [6, 6.07) is 3.43. The average molecular weight is 481 g/mol. The van der Waals surface area contributed by atoms with Crippen molar-refractivity contribution in [2.24, 2.45) is 16.8 Å². The van der Waals surface area contributed by atoms with Crippen molar-refractivity contribution >= 4 is 35.9 Å². The van der Waals surface area contributed by atoms with E-state index in [-0.39, 0.29) is 41.8 Å². The van der Waals surface area contributed by atoms with E-state index in [0.717, 1.165) is 12.1 Å². The van der Waals surface area contributed by atoms with Crippen molar-refractivity contribution in [3.8, 4) is 0 Å². The largest absolute Gasteiger partial charge is 0.469 e. The Bertz CT molecular complexity index is 643. The number of carbonyl (C=O) groups excluding carboxylic acids is 1. The maximum atomic E-state index is 13.7. The summed E-state index contributed by atoms with van der Waals surface area (Å²) >= 11 is 0. The molecule has 1 heterocycles. The zero-order chi connectivity index (χ0) is 18.4. The van der Waals surface area contributed by atoms with Gasteiger partial charge in [0.2, 0.25) is 0 Å². The minimum absolute atomic E-state index is 0. The van der Waals surface area contributed by atoms with Crippen LogP contribution in [0.25, 0.3) is 0 Å². The van der Waals surface area contributed by atoms with Gasteiger partial charge in [-0.25, -0.2) is 8.78 Å². The van der Waals surface area contributed by atoms with Crippen LogP contribution in [0, 0.1) is 23.5 Å². The highest BCUT2D eigenvalue weighted by Gasteiger charge is 2.36. The van der Waals surface area contributed by atoms with E-state index in [1.165, 1.54) is 13.2 Å². The lowest BCUT2D eigenvalue weighted by atomic mass is 9.99. The summed E-state index contributed by atoms with van der Waals surface area (Å²) in [7, 11) is 1.39. The number of ether oxygens (including phenoxy) is 1. The Morgan fingerprint density at radius 2 is 2.12 bits per heavy atom. The molecule has 1 saturated heterocycles. The molecule has 1 aliphatic rings. The van der Waals surface area contributed by atoms with Gasteiger partial charge in [0.1, 0.15) is 11.6 Å². The number of carbonyl (C=O) groups is 1. The summed E-state index contributed by atoms with van der Waals surface area (Å²) in [6.45, 7) is 6.21. The van der Waals surface area contributed by atoms with E-state index in [9.17, 15) is 13.6 Å². The van der Waals surface area contributed by atoms with Gasteiger partial charge >= 0.3 is 5.97 Å². The molecule has 2 atom stereocenters. The number of benzene rings is 1. The van der Waals surface area contributed by atoms with E-state index in [0.29, 0.717) is 44.1 Å². The predicted molar refractivity (Wildman–Crippen MR) is 108 cm³/mol. The number of likely N-dealkylation sites (tertiary alicyclic amines) is 1. The number of rotatable bonds is 5. The molecule has 0 amide bonds. The van der Waals surface area contributed by atoms with Gasteiger partial charge in [0.05, 0.1) is 13.0 Å². The first-order valence-corrected chi connectivity index (χ1v) is 8.51. The van der Waals surface area contributed by atoms with Gasteiger partial charge in [-0.2, -0.15) is 0 Å².